The third-order valence-electron chi connectivity index (χ3n) is 22.2. The van der Waals surface area contributed by atoms with E-state index in [-0.39, 0.29) is 19.3 Å². The summed E-state index contributed by atoms with van der Waals surface area (Å²) >= 11 is 0. The number of allylic oxidation sites excluding steroid dienone is 26. The van der Waals surface area contributed by atoms with Crippen molar-refractivity contribution in [2.75, 3.05) is 39.6 Å². The van der Waals surface area contributed by atoms with Crippen LogP contribution in [0.5, 0.6) is 0 Å². The number of aliphatic hydroxyl groups is 2. The van der Waals surface area contributed by atoms with Gasteiger partial charge in [0.2, 0.25) is 0 Å². The highest BCUT2D eigenvalue weighted by atomic mass is 31.2. The molecule has 4 N–H and O–H groups in total. The van der Waals surface area contributed by atoms with Crippen molar-refractivity contribution in [3.8, 4) is 0 Å². The number of carbonyl (C=O) groups is 3. The lowest BCUT2D eigenvalue weighted by molar-refractivity contribution is -0.161. The second kappa shape index (κ2) is 100. The summed E-state index contributed by atoms with van der Waals surface area (Å²) in [6.45, 7) is 2.58. The smallest absolute Gasteiger partial charge is 0.463 e. The molecule has 16 nitrogen and oxygen atoms in total. The van der Waals surface area contributed by atoms with Crippen LogP contribution in [0.1, 0.15) is 457 Å². The molecule has 127 heavy (non-hydrogen) atoms. The topological polar surface area (TPSA) is 231 Å². The van der Waals surface area contributed by atoms with Gasteiger partial charge in [-0.15, -0.1) is 0 Å². The Kier molecular flexibility index (Phi) is 96.4. The Bertz CT molecular complexity index is 2940. The van der Waals surface area contributed by atoms with Gasteiger partial charge in [-0.1, -0.05) is 442 Å². The summed E-state index contributed by atoms with van der Waals surface area (Å²) in [5, 5.41) is 20.8. The average Bonchev–Trinajstić information content (AvgIpc) is 0.899. The maximum atomic E-state index is 13.1. The van der Waals surface area contributed by atoms with E-state index in [2.05, 4.69) is 179 Å². The number of unbranched alkanes of at least 4 members (excludes halogenated alkanes) is 49. The van der Waals surface area contributed by atoms with Crippen molar-refractivity contribution in [2.45, 2.75) is 476 Å². The quantitative estimate of drug-likeness (QED) is 0.0146. The van der Waals surface area contributed by atoms with Gasteiger partial charge in [-0.2, -0.15) is 0 Å². The summed E-state index contributed by atoms with van der Waals surface area (Å²) in [5.41, 5.74) is 0. The first-order valence-electron chi connectivity index (χ1n) is 51.8. The minimum atomic E-state index is -4.95. The molecule has 18 heteroatoms. The molecule has 0 bridgehead atoms. The molecule has 732 valence electrons. The lowest BCUT2D eigenvalue weighted by Crippen LogP contribution is -2.30. The fraction of sp³-hybridized carbons (Fsp3) is 0.734. The summed E-state index contributed by atoms with van der Waals surface area (Å²) in [5.74, 6) is -1.57. The number of esters is 3. The predicted octanol–water partition coefficient (Wildman–Crippen LogP) is 32.8. The Hall–Kier alpha value is -4.83. The average molecular weight is 1820 g/mol. The van der Waals surface area contributed by atoms with Crippen molar-refractivity contribution < 1.29 is 75.8 Å². The number of hydrogen-bond donors (Lipinski definition) is 4. The molecule has 0 aromatic rings. The molecule has 0 aromatic carbocycles. The highest BCUT2D eigenvalue weighted by Crippen LogP contribution is 2.45. The number of hydrogen-bond acceptors (Lipinski definition) is 14. The van der Waals surface area contributed by atoms with E-state index in [9.17, 15) is 43.5 Å². The van der Waals surface area contributed by atoms with Crippen molar-refractivity contribution >= 4 is 33.6 Å². The third kappa shape index (κ3) is 102. The van der Waals surface area contributed by atoms with E-state index in [0.717, 1.165) is 154 Å². The molecule has 0 rings (SSSR count). The molecular weight excluding hydrogens is 1630 g/mol. The Morgan fingerprint density at radius 3 is 0.661 bits per heavy atom. The van der Waals surface area contributed by atoms with Crippen LogP contribution in [-0.2, 0) is 55.8 Å². The van der Waals surface area contributed by atoms with E-state index >= 15 is 0 Å². The van der Waals surface area contributed by atoms with Gasteiger partial charge in [0.1, 0.15) is 25.4 Å². The minimum absolute atomic E-state index is 0.0913. The minimum Gasteiger partial charge on any atom is -0.463 e. The van der Waals surface area contributed by atoms with Gasteiger partial charge < -0.3 is 34.2 Å². The van der Waals surface area contributed by atoms with Gasteiger partial charge in [-0.3, -0.25) is 32.5 Å². The molecule has 0 aliphatic rings. The van der Waals surface area contributed by atoms with Crippen molar-refractivity contribution in [2.24, 2.45) is 0 Å². The number of phosphoric ester groups is 2. The van der Waals surface area contributed by atoms with Gasteiger partial charge >= 0.3 is 33.6 Å². The monoisotopic (exact) mass is 1820 g/mol. The summed E-state index contributed by atoms with van der Waals surface area (Å²) < 4.78 is 61.7. The lowest BCUT2D eigenvalue weighted by Gasteiger charge is -2.21. The van der Waals surface area contributed by atoms with Crippen LogP contribution >= 0.6 is 15.6 Å². The Balaban J connectivity index is 4.54. The Labute approximate surface area is 778 Å². The van der Waals surface area contributed by atoms with Crippen LogP contribution in [-0.4, -0.2) is 95.9 Å². The molecule has 0 aromatic heterocycles. The summed E-state index contributed by atoms with van der Waals surface area (Å²) in [4.78, 5) is 59.2. The van der Waals surface area contributed by atoms with E-state index in [0.29, 0.717) is 19.3 Å². The number of rotatable bonds is 98. The fourth-order valence-corrected chi connectivity index (χ4v) is 16.0. The van der Waals surface area contributed by atoms with Crippen LogP contribution in [0.4, 0.5) is 0 Å². The molecule has 5 atom stereocenters. The van der Waals surface area contributed by atoms with Crippen molar-refractivity contribution in [3.63, 3.8) is 0 Å². The summed E-state index contributed by atoms with van der Waals surface area (Å²) in [6, 6.07) is 0. The van der Waals surface area contributed by atoms with Crippen LogP contribution in [0.25, 0.3) is 0 Å². The van der Waals surface area contributed by atoms with Gasteiger partial charge in [0.05, 0.1) is 26.4 Å². The standard InChI is InChI=1S/C109H190O16P2/c1-4-7-10-13-16-19-22-25-28-31-34-37-40-42-44-46-48-50-51-53-55-56-58-60-63-65-68-71-74-77-80-83-86-89-92-95-107(112)119-98-104(110)99-121-126(115,116)122-100-105(111)101-123-127(117,118)124-103-106(125-109(114)97-94-91-88-85-82-79-76-73-70-67-62-39-36-33-30-27-24-21-18-15-12-9-6-3)102-120-108(113)96-93-90-87-84-81-78-75-72-69-66-64-61-59-57-54-52-49-47-45-43-41-38-35-32-29-26-23-20-17-14-11-8-5-2/h7,10,16-21,25-30,34-39,42-45,67,70,104-106,110-111H,4-6,8-9,11-15,22-24,31-33,40-41,46-66,68-69,71-103H2,1-3H3,(H,115,116)(H,117,118)/b10-7-,19-16-,20-17-,21-18-,28-25-,29-26-,30-27-,37-34-,38-35-,39-36-,44-42-,45-43-,70-67-. The first-order chi connectivity index (χ1) is 62.2. The number of aliphatic hydroxyl groups excluding tert-OH is 2. The zero-order valence-electron chi connectivity index (χ0n) is 81.2. The number of phosphoric acid groups is 2. The first kappa shape index (κ1) is 122. The second-order valence-corrected chi connectivity index (χ2v) is 37.5. The van der Waals surface area contributed by atoms with Crippen LogP contribution < -0.4 is 0 Å². The number of ether oxygens (including phenoxy) is 3. The van der Waals surface area contributed by atoms with Crippen molar-refractivity contribution in [3.05, 3.63) is 158 Å². The van der Waals surface area contributed by atoms with Crippen molar-refractivity contribution in [1.82, 2.24) is 0 Å². The molecule has 0 aliphatic heterocycles. The Morgan fingerprint density at radius 1 is 0.228 bits per heavy atom. The van der Waals surface area contributed by atoms with E-state index in [4.69, 9.17) is 32.3 Å². The summed E-state index contributed by atoms with van der Waals surface area (Å²) in [6.07, 6.45) is 130. The highest BCUT2D eigenvalue weighted by Gasteiger charge is 2.30. The summed E-state index contributed by atoms with van der Waals surface area (Å²) in [7, 11) is -9.82. The van der Waals surface area contributed by atoms with Gasteiger partial charge in [0.15, 0.2) is 6.10 Å². The SMILES string of the molecule is CC/C=C\C/C=C\C/C=C\C/C=C\C/C=C\CCCCCCCCCCCCCCCCCCCCCC(=O)OCC(O)COP(=O)(O)OCC(O)COP(=O)(O)OCC(COC(=O)CCCCCCCCCCCCCCCCCCC/C=C\C/C=C\C/C=C\C/C=C\CCCCC)OC(=O)CCCCCCCCC/C=C\C/C=C\C/C=C\C/C=C\CCCCC. The zero-order valence-corrected chi connectivity index (χ0v) is 82.9. The molecule has 0 radical (unpaired) electrons. The van der Waals surface area contributed by atoms with Crippen LogP contribution in [0.15, 0.2) is 158 Å². The predicted molar refractivity (Wildman–Crippen MR) is 537 cm³/mol. The molecule has 0 fully saturated rings. The van der Waals surface area contributed by atoms with Crippen LogP contribution in [0, 0.1) is 0 Å². The maximum Gasteiger partial charge on any atom is 0.472 e. The molecular formula is C109H190O16P2. The van der Waals surface area contributed by atoms with Gasteiger partial charge in [-0.05, 0) is 154 Å². The van der Waals surface area contributed by atoms with E-state index < -0.39 is 91.5 Å². The third-order valence-corrected chi connectivity index (χ3v) is 24.1. The zero-order chi connectivity index (χ0) is 92.1. The maximum absolute atomic E-state index is 13.1. The molecule has 5 unspecified atom stereocenters. The van der Waals surface area contributed by atoms with Crippen LogP contribution in [0.3, 0.4) is 0 Å². The molecule has 0 saturated carbocycles. The normalized spacial score (nSPS) is 14.3. The van der Waals surface area contributed by atoms with Gasteiger partial charge in [0.25, 0.3) is 0 Å². The van der Waals surface area contributed by atoms with Crippen LogP contribution in [0.2, 0.25) is 0 Å². The molecule has 0 saturated heterocycles. The molecule has 0 aliphatic carbocycles. The van der Waals surface area contributed by atoms with E-state index in [1.54, 1.807) is 0 Å². The Morgan fingerprint density at radius 2 is 0.417 bits per heavy atom. The van der Waals surface area contributed by atoms with Crippen molar-refractivity contribution in [1.29, 1.82) is 0 Å². The first-order valence-corrected chi connectivity index (χ1v) is 54.8. The van der Waals surface area contributed by atoms with Gasteiger partial charge in [0, 0.05) is 19.3 Å². The lowest BCUT2D eigenvalue weighted by atomic mass is 10.0. The van der Waals surface area contributed by atoms with Gasteiger partial charge in [-0.25, -0.2) is 9.13 Å². The fourth-order valence-electron chi connectivity index (χ4n) is 14.4. The molecule has 0 heterocycles. The highest BCUT2D eigenvalue weighted by molar-refractivity contribution is 7.47. The molecule has 0 spiro atoms. The number of carbonyl (C=O) groups excluding carboxylic acids is 3. The molecule has 0 amide bonds. The second-order valence-electron chi connectivity index (χ2n) is 34.6. The largest absolute Gasteiger partial charge is 0.472 e. The van der Waals surface area contributed by atoms with E-state index in [1.807, 2.05) is 0 Å². The van der Waals surface area contributed by atoms with E-state index in [1.165, 1.54) is 244 Å².